The number of rotatable bonds is 6. The predicted molar refractivity (Wildman–Crippen MR) is 59.9 cm³/mol. The summed E-state index contributed by atoms with van der Waals surface area (Å²) in [6, 6.07) is 0. The van der Waals surface area contributed by atoms with Crippen molar-refractivity contribution in [2.45, 2.75) is 25.7 Å². The number of hydrogen-bond acceptors (Lipinski definition) is 3. The summed E-state index contributed by atoms with van der Waals surface area (Å²) in [4.78, 5) is 24.7. The molecule has 1 N–H and O–H groups in total. The molecule has 1 fully saturated rings. The van der Waals surface area contributed by atoms with E-state index in [0.29, 0.717) is 13.2 Å². The fraction of sp³-hybridized carbons (Fsp3) is 0.818. The van der Waals surface area contributed by atoms with Crippen molar-refractivity contribution in [3.63, 3.8) is 0 Å². The molecule has 2 amide bonds. The van der Waals surface area contributed by atoms with E-state index < -0.39 is 0 Å². The van der Waals surface area contributed by atoms with Gasteiger partial charge in [-0.1, -0.05) is 0 Å². The standard InChI is InChI=1S/C11H20N2O3/c1-16-8-4-5-12-10(14)9-11(15)13-6-2-3-7-13/h2-9H2,1H3,(H,12,14). The average molecular weight is 228 g/mol. The lowest BCUT2D eigenvalue weighted by atomic mass is 10.3. The quantitative estimate of drug-likeness (QED) is 0.520. The molecule has 0 spiro atoms. The summed E-state index contributed by atoms with van der Waals surface area (Å²) in [5.74, 6) is -0.241. The van der Waals surface area contributed by atoms with Crippen LogP contribution in [0, 0.1) is 0 Å². The molecule has 0 bridgehead atoms. The molecular weight excluding hydrogens is 208 g/mol. The molecule has 0 radical (unpaired) electrons. The van der Waals surface area contributed by atoms with E-state index >= 15 is 0 Å². The first-order chi connectivity index (χ1) is 7.74. The second-order valence-electron chi connectivity index (χ2n) is 3.96. The second kappa shape index (κ2) is 7.22. The molecule has 0 aliphatic carbocycles. The van der Waals surface area contributed by atoms with Crippen molar-refractivity contribution in [2.75, 3.05) is 33.4 Å². The van der Waals surface area contributed by atoms with Gasteiger partial charge < -0.3 is 15.0 Å². The Morgan fingerprint density at radius 2 is 2.00 bits per heavy atom. The van der Waals surface area contributed by atoms with Crippen molar-refractivity contribution in [2.24, 2.45) is 0 Å². The first kappa shape index (κ1) is 13.0. The summed E-state index contributed by atoms with van der Waals surface area (Å²) >= 11 is 0. The van der Waals surface area contributed by atoms with E-state index in [-0.39, 0.29) is 18.2 Å². The molecule has 1 heterocycles. The minimum absolute atomic E-state index is 0.0209. The van der Waals surface area contributed by atoms with Gasteiger partial charge in [-0.2, -0.15) is 0 Å². The van der Waals surface area contributed by atoms with Gasteiger partial charge in [-0.15, -0.1) is 0 Å². The van der Waals surface area contributed by atoms with Gasteiger partial charge in [0.25, 0.3) is 0 Å². The van der Waals surface area contributed by atoms with E-state index in [2.05, 4.69) is 5.32 Å². The minimum atomic E-state index is -0.187. The molecule has 0 saturated carbocycles. The van der Waals surface area contributed by atoms with Crippen LogP contribution in [0.15, 0.2) is 0 Å². The molecule has 0 aromatic carbocycles. The summed E-state index contributed by atoms with van der Waals surface area (Å²) in [5.41, 5.74) is 0. The lowest BCUT2D eigenvalue weighted by Crippen LogP contribution is -2.34. The predicted octanol–water partition coefficient (Wildman–Crippen LogP) is 0.152. The molecule has 16 heavy (non-hydrogen) atoms. The third-order valence-corrected chi connectivity index (χ3v) is 2.62. The van der Waals surface area contributed by atoms with Crippen LogP contribution < -0.4 is 5.32 Å². The maximum atomic E-state index is 11.6. The number of carbonyl (C=O) groups excluding carboxylic acids is 2. The van der Waals surface area contributed by atoms with Crippen LogP contribution in [0.25, 0.3) is 0 Å². The lowest BCUT2D eigenvalue weighted by Gasteiger charge is -2.14. The highest BCUT2D eigenvalue weighted by Crippen LogP contribution is 2.08. The Labute approximate surface area is 96.1 Å². The van der Waals surface area contributed by atoms with Crippen LogP contribution in [-0.4, -0.2) is 50.1 Å². The summed E-state index contributed by atoms with van der Waals surface area (Å²) in [5, 5.41) is 2.71. The van der Waals surface area contributed by atoms with E-state index in [9.17, 15) is 9.59 Å². The number of likely N-dealkylation sites (tertiary alicyclic amines) is 1. The van der Waals surface area contributed by atoms with E-state index in [4.69, 9.17) is 4.74 Å². The Kier molecular flexibility index (Phi) is 5.85. The third-order valence-electron chi connectivity index (χ3n) is 2.62. The molecular formula is C11H20N2O3. The lowest BCUT2D eigenvalue weighted by molar-refractivity contribution is -0.135. The molecule has 0 atom stereocenters. The second-order valence-corrected chi connectivity index (χ2v) is 3.96. The van der Waals surface area contributed by atoms with Crippen LogP contribution in [0.2, 0.25) is 0 Å². The molecule has 0 aromatic heterocycles. The molecule has 0 unspecified atom stereocenters. The number of nitrogens with zero attached hydrogens (tertiary/aromatic N) is 1. The maximum Gasteiger partial charge on any atom is 0.232 e. The zero-order valence-electron chi connectivity index (χ0n) is 9.83. The van der Waals surface area contributed by atoms with Crippen molar-refractivity contribution >= 4 is 11.8 Å². The van der Waals surface area contributed by atoms with E-state index in [1.807, 2.05) is 0 Å². The molecule has 1 aliphatic rings. The van der Waals surface area contributed by atoms with Crippen LogP contribution in [0.4, 0.5) is 0 Å². The fourth-order valence-electron chi connectivity index (χ4n) is 1.72. The van der Waals surface area contributed by atoms with Gasteiger partial charge in [-0.3, -0.25) is 9.59 Å². The van der Waals surface area contributed by atoms with Gasteiger partial charge in [0.05, 0.1) is 0 Å². The molecule has 1 aliphatic heterocycles. The van der Waals surface area contributed by atoms with Crippen molar-refractivity contribution in [1.29, 1.82) is 0 Å². The summed E-state index contributed by atoms with van der Waals surface area (Å²) < 4.78 is 4.86. The van der Waals surface area contributed by atoms with Crippen LogP contribution >= 0.6 is 0 Å². The van der Waals surface area contributed by atoms with Crippen LogP contribution in [0.5, 0.6) is 0 Å². The Morgan fingerprint density at radius 3 is 2.62 bits per heavy atom. The van der Waals surface area contributed by atoms with Gasteiger partial charge in [0.15, 0.2) is 0 Å². The van der Waals surface area contributed by atoms with Crippen molar-refractivity contribution < 1.29 is 14.3 Å². The fourth-order valence-corrected chi connectivity index (χ4v) is 1.72. The van der Waals surface area contributed by atoms with E-state index in [0.717, 1.165) is 32.4 Å². The summed E-state index contributed by atoms with van der Waals surface area (Å²) in [6.45, 7) is 2.80. The first-order valence-corrected chi connectivity index (χ1v) is 5.77. The smallest absolute Gasteiger partial charge is 0.232 e. The van der Waals surface area contributed by atoms with Gasteiger partial charge in [0.2, 0.25) is 11.8 Å². The monoisotopic (exact) mass is 228 g/mol. The maximum absolute atomic E-state index is 11.6. The molecule has 0 aromatic rings. The molecule has 1 saturated heterocycles. The van der Waals surface area contributed by atoms with Crippen molar-refractivity contribution in [3.05, 3.63) is 0 Å². The van der Waals surface area contributed by atoms with E-state index in [1.54, 1.807) is 12.0 Å². The zero-order chi connectivity index (χ0) is 11.8. The van der Waals surface area contributed by atoms with Gasteiger partial charge >= 0.3 is 0 Å². The Morgan fingerprint density at radius 1 is 1.31 bits per heavy atom. The highest BCUT2D eigenvalue weighted by atomic mass is 16.5. The Hall–Kier alpha value is -1.10. The topological polar surface area (TPSA) is 58.6 Å². The number of hydrogen-bond donors (Lipinski definition) is 1. The van der Waals surface area contributed by atoms with Crippen LogP contribution in [0.1, 0.15) is 25.7 Å². The number of methoxy groups -OCH3 is 1. The minimum Gasteiger partial charge on any atom is -0.385 e. The van der Waals surface area contributed by atoms with Gasteiger partial charge in [-0.25, -0.2) is 0 Å². The SMILES string of the molecule is COCCCNC(=O)CC(=O)N1CCCC1. The summed E-state index contributed by atoms with van der Waals surface area (Å²) in [7, 11) is 1.62. The van der Waals surface area contributed by atoms with E-state index in [1.165, 1.54) is 0 Å². The largest absolute Gasteiger partial charge is 0.385 e. The number of nitrogens with one attached hydrogen (secondary N) is 1. The number of amides is 2. The Bertz CT molecular complexity index is 237. The number of ether oxygens (including phenoxy) is 1. The average Bonchev–Trinajstić information content (AvgIpc) is 2.77. The molecule has 1 rings (SSSR count). The highest BCUT2D eigenvalue weighted by Gasteiger charge is 2.19. The van der Waals surface area contributed by atoms with Crippen LogP contribution in [0.3, 0.4) is 0 Å². The summed E-state index contributed by atoms with van der Waals surface area (Å²) in [6.07, 6.45) is 2.87. The Balaban J connectivity index is 2.10. The van der Waals surface area contributed by atoms with Gasteiger partial charge in [0, 0.05) is 33.4 Å². The molecule has 5 nitrogen and oxygen atoms in total. The highest BCUT2D eigenvalue weighted by molar-refractivity contribution is 5.96. The van der Waals surface area contributed by atoms with Crippen molar-refractivity contribution in [1.82, 2.24) is 10.2 Å². The number of carbonyl (C=O) groups is 2. The zero-order valence-corrected chi connectivity index (χ0v) is 9.83. The van der Waals surface area contributed by atoms with Gasteiger partial charge in [0.1, 0.15) is 6.42 Å². The normalized spacial score (nSPS) is 15.2. The van der Waals surface area contributed by atoms with Crippen molar-refractivity contribution in [3.8, 4) is 0 Å². The third kappa shape index (κ3) is 4.61. The van der Waals surface area contributed by atoms with Crippen LogP contribution in [-0.2, 0) is 14.3 Å². The first-order valence-electron chi connectivity index (χ1n) is 5.77. The molecule has 92 valence electrons. The van der Waals surface area contributed by atoms with Gasteiger partial charge in [-0.05, 0) is 19.3 Å². The molecule has 5 heteroatoms.